The molecule has 0 saturated heterocycles. The number of aromatic nitrogens is 1. The number of hydrogen-bond donors (Lipinski definition) is 1. The smallest absolute Gasteiger partial charge is 0.0674 e. The number of hydrogen-bond acceptors (Lipinski definition) is 2. The molecule has 0 aliphatic heterocycles. The van der Waals surface area contributed by atoms with Crippen LogP contribution in [0.15, 0.2) is 30.5 Å². The third kappa shape index (κ3) is 2.26. The lowest BCUT2D eigenvalue weighted by Crippen LogP contribution is -2.24. The molecule has 1 aromatic heterocycles. The summed E-state index contributed by atoms with van der Waals surface area (Å²) in [5.74, 6) is 0.0914. The number of nitriles is 1. The Balaban J connectivity index is 2.25. The van der Waals surface area contributed by atoms with E-state index >= 15 is 0 Å². The van der Waals surface area contributed by atoms with Crippen LogP contribution in [0, 0.1) is 17.2 Å². The zero-order valence-corrected chi connectivity index (χ0v) is 10.3. The standard InChI is InChI=1S/C14H17N3/c1-3-11(8-15)10-17(2)14-9-16-13-7-5-4-6-12(13)14/h4-7,9,11,16H,3,10H2,1-2H3. The van der Waals surface area contributed by atoms with Gasteiger partial charge in [-0.1, -0.05) is 25.1 Å². The lowest BCUT2D eigenvalue weighted by Gasteiger charge is -2.20. The summed E-state index contributed by atoms with van der Waals surface area (Å²) in [5, 5.41) is 10.2. The predicted molar refractivity (Wildman–Crippen MR) is 71.0 cm³/mol. The van der Waals surface area contributed by atoms with Crippen molar-refractivity contribution < 1.29 is 0 Å². The Labute approximate surface area is 102 Å². The number of nitrogens with zero attached hydrogens (tertiary/aromatic N) is 2. The molecule has 0 bridgehead atoms. The van der Waals surface area contributed by atoms with Crippen LogP contribution in [0.4, 0.5) is 5.69 Å². The van der Waals surface area contributed by atoms with Crippen LogP contribution in [0.2, 0.25) is 0 Å². The Morgan fingerprint density at radius 2 is 2.18 bits per heavy atom. The van der Waals surface area contributed by atoms with E-state index in [0.29, 0.717) is 0 Å². The summed E-state index contributed by atoms with van der Waals surface area (Å²) in [5.41, 5.74) is 2.30. The fourth-order valence-corrected chi connectivity index (χ4v) is 2.06. The third-order valence-electron chi connectivity index (χ3n) is 3.15. The predicted octanol–water partition coefficient (Wildman–Crippen LogP) is 3.15. The van der Waals surface area contributed by atoms with Gasteiger partial charge in [-0.2, -0.15) is 5.26 Å². The van der Waals surface area contributed by atoms with E-state index in [4.69, 9.17) is 5.26 Å². The second-order valence-electron chi connectivity index (χ2n) is 4.33. The van der Waals surface area contributed by atoms with E-state index in [2.05, 4.69) is 35.0 Å². The average molecular weight is 227 g/mol. The summed E-state index contributed by atoms with van der Waals surface area (Å²) in [6.45, 7) is 2.83. The molecule has 0 saturated carbocycles. The Morgan fingerprint density at radius 1 is 1.41 bits per heavy atom. The molecule has 1 N–H and O–H groups in total. The highest BCUT2D eigenvalue weighted by molar-refractivity contribution is 5.92. The van der Waals surface area contributed by atoms with Gasteiger partial charge >= 0.3 is 0 Å². The Kier molecular flexibility index (Phi) is 3.34. The highest BCUT2D eigenvalue weighted by atomic mass is 15.1. The van der Waals surface area contributed by atoms with Gasteiger partial charge in [-0.15, -0.1) is 0 Å². The Bertz CT molecular complexity index is 536. The summed E-state index contributed by atoms with van der Waals surface area (Å²) < 4.78 is 0. The first kappa shape index (κ1) is 11.5. The number of para-hydroxylation sites is 1. The summed E-state index contributed by atoms with van der Waals surface area (Å²) in [4.78, 5) is 5.40. The highest BCUT2D eigenvalue weighted by Gasteiger charge is 2.12. The maximum absolute atomic E-state index is 9.00. The molecule has 3 nitrogen and oxygen atoms in total. The quantitative estimate of drug-likeness (QED) is 0.871. The summed E-state index contributed by atoms with van der Waals surface area (Å²) in [7, 11) is 2.04. The van der Waals surface area contributed by atoms with Gasteiger partial charge in [0.15, 0.2) is 0 Å². The fraction of sp³-hybridized carbons (Fsp3) is 0.357. The number of nitrogens with one attached hydrogen (secondary N) is 1. The van der Waals surface area contributed by atoms with E-state index in [-0.39, 0.29) is 5.92 Å². The highest BCUT2D eigenvalue weighted by Crippen LogP contribution is 2.26. The van der Waals surface area contributed by atoms with E-state index in [0.717, 1.165) is 24.2 Å². The average Bonchev–Trinajstić information content (AvgIpc) is 2.79. The zero-order valence-electron chi connectivity index (χ0n) is 10.3. The number of rotatable bonds is 4. The second-order valence-corrected chi connectivity index (χ2v) is 4.33. The molecule has 0 aliphatic carbocycles. The van der Waals surface area contributed by atoms with Crippen molar-refractivity contribution in [3.8, 4) is 6.07 Å². The van der Waals surface area contributed by atoms with E-state index < -0.39 is 0 Å². The van der Waals surface area contributed by atoms with Crippen molar-refractivity contribution in [2.75, 3.05) is 18.5 Å². The molecule has 1 unspecified atom stereocenters. The van der Waals surface area contributed by atoms with Crippen LogP contribution < -0.4 is 4.90 Å². The van der Waals surface area contributed by atoms with Crippen molar-refractivity contribution in [2.24, 2.45) is 5.92 Å². The fourth-order valence-electron chi connectivity index (χ4n) is 2.06. The number of benzene rings is 1. The third-order valence-corrected chi connectivity index (χ3v) is 3.15. The molecule has 88 valence electrons. The monoisotopic (exact) mass is 227 g/mol. The number of anilines is 1. The van der Waals surface area contributed by atoms with Gasteiger partial charge < -0.3 is 9.88 Å². The molecule has 0 radical (unpaired) electrons. The van der Waals surface area contributed by atoms with Crippen LogP contribution in [-0.2, 0) is 0 Å². The molecule has 1 atom stereocenters. The first-order chi connectivity index (χ1) is 8.26. The number of aromatic amines is 1. The van der Waals surface area contributed by atoms with Crippen LogP contribution in [0.5, 0.6) is 0 Å². The summed E-state index contributed by atoms with van der Waals surface area (Å²) in [6.07, 6.45) is 2.90. The zero-order chi connectivity index (χ0) is 12.3. The van der Waals surface area contributed by atoms with Crippen molar-refractivity contribution in [3.63, 3.8) is 0 Å². The first-order valence-corrected chi connectivity index (χ1v) is 5.93. The number of H-pyrrole nitrogens is 1. The molecule has 1 heterocycles. The molecule has 0 fully saturated rings. The lowest BCUT2D eigenvalue weighted by atomic mass is 10.1. The van der Waals surface area contributed by atoms with Crippen LogP contribution >= 0.6 is 0 Å². The maximum atomic E-state index is 9.00. The van der Waals surface area contributed by atoms with Gasteiger partial charge in [-0.3, -0.25) is 0 Å². The lowest BCUT2D eigenvalue weighted by molar-refractivity contribution is 0.632. The molecule has 2 aromatic rings. The Morgan fingerprint density at radius 3 is 2.88 bits per heavy atom. The van der Waals surface area contributed by atoms with E-state index in [1.807, 2.05) is 25.4 Å². The van der Waals surface area contributed by atoms with Crippen LogP contribution in [0.25, 0.3) is 10.9 Å². The SMILES string of the molecule is CCC(C#N)CN(C)c1c[nH]c2ccccc12. The maximum Gasteiger partial charge on any atom is 0.0674 e. The van der Waals surface area contributed by atoms with Crippen molar-refractivity contribution >= 4 is 16.6 Å². The van der Waals surface area contributed by atoms with Gasteiger partial charge in [0.25, 0.3) is 0 Å². The van der Waals surface area contributed by atoms with Gasteiger partial charge in [0.1, 0.15) is 0 Å². The molecule has 0 amide bonds. The topological polar surface area (TPSA) is 42.8 Å². The van der Waals surface area contributed by atoms with Crippen LogP contribution in [0.3, 0.4) is 0 Å². The molecule has 0 spiro atoms. The van der Waals surface area contributed by atoms with E-state index in [1.165, 1.54) is 5.39 Å². The Hall–Kier alpha value is -1.95. The largest absolute Gasteiger partial charge is 0.372 e. The first-order valence-electron chi connectivity index (χ1n) is 5.93. The van der Waals surface area contributed by atoms with Gasteiger partial charge in [0, 0.05) is 30.7 Å². The normalized spacial score (nSPS) is 12.3. The molecular formula is C14H17N3. The van der Waals surface area contributed by atoms with E-state index in [1.54, 1.807) is 0 Å². The molecule has 17 heavy (non-hydrogen) atoms. The molecular weight excluding hydrogens is 210 g/mol. The second kappa shape index (κ2) is 4.92. The van der Waals surface area contributed by atoms with Crippen LogP contribution in [0.1, 0.15) is 13.3 Å². The molecule has 0 aliphatic rings. The number of fused-ring (bicyclic) bond motifs is 1. The van der Waals surface area contributed by atoms with Gasteiger partial charge in [-0.05, 0) is 12.5 Å². The minimum atomic E-state index is 0.0914. The van der Waals surface area contributed by atoms with Crippen molar-refractivity contribution in [1.29, 1.82) is 5.26 Å². The minimum absolute atomic E-state index is 0.0914. The minimum Gasteiger partial charge on any atom is -0.372 e. The molecule has 2 rings (SSSR count). The van der Waals surface area contributed by atoms with Crippen molar-refractivity contribution in [2.45, 2.75) is 13.3 Å². The summed E-state index contributed by atoms with van der Waals surface area (Å²) in [6, 6.07) is 10.6. The van der Waals surface area contributed by atoms with Crippen molar-refractivity contribution in [1.82, 2.24) is 4.98 Å². The van der Waals surface area contributed by atoms with Gasteiger partial charge in [-0.25, -0.2) is 0 Å². The summed E-state index contributed by atoms with van der Waals surface area (Å²) >= 11 is 0. The van der Waals surface area contributed by atoms with E-state index in [9.17, 15) is 0 Å². The van der Waals surface area contributed by atoms with Crippen molar-refractivity contribution in [3.05, 3.63) is 30.5 Å². The van der Waals surface area contributed by atoms with Gasteiger partial charge in [0.2, 0.25) is 0 Å². The van der Waals surface area contributed by atoms with Crippen LogP contribution in [-0.4, -0.2) is 18.6 Å². The molecule has 3 heteroatoms. The molecule has 1 aromatic carbocycles. The van der Waals surface area contributed by atoms with Gasteiger partial charge in [0.05, 0.1) is 17.7 Å².